The Hall–Kier alpha value is -0.0800. The number of hydrogen-bond donors (Lipinski definition) is 1. The quantitative estimate of drug-likeness (QED) is 0.794. The number of ether oxygens (including phenoxy) is 1. The molecule has 1 saturated heterocycles. The lowest BCUT2D eigenvalue weighted by molar-refractivity contribution is 0.0209. The van der Waals surface area contributed by atoms with Crippen LogP contribution in [0.5, 0.6) is 0 Å². The standard InChI is InChI=1S/C15H31NO/c1-7-13(8-2)15(9-10-17-12(15)3)11-16-14(4,5)6/h12-13,16H,7-11H2,1-6H3. The molecule has 1 rings (SSSR count). The first-order chi connectivity index (χ1) is 7.85. The summed E-state index contributed by atoms with van der Waals surface area (Å²) >= 11 is 0. The highest BCUT2D eigenvalue weighted by molar-refractivity contribution is 4.97. The van der Waals surface area contributed by atoms with Gasteiger partial charge in [0.1, 0.15) is 0 Å². The van der Waals surface area contributed by atoms with Gasteiger partial charge >= 0.3 is 0 Å². The third-order valence-corrected chi connectivity index (χ3v) is 4.49. The molecule has 2 atom stereocenters. The second-order valence-corrected chi connectivity index (χ2v) is 6.61. The first kappa shape index (κ1) is 15.0. The Morgan fingerprint density at radius 1 is 1.29 bits per heavy atom. The highest BCUT2D eigenvalue weighted by Crippen LogP contribution is 2.44. The van der Waals surface area contributed by atoms with Crippen LogP contribution >= 0.6 is 0 Å². The molecule has 0 amide bonds. The van der Waals surface area contributed by atoms with Crippen LogP contribution in [0.25, 0.3) is 0 Å². The lowest BCUT2D eigenvalue weighted by atomic mass is 9.68. The van der Waals surface area contributed by atoms with E-state index in [1.165, 1.54) is 19.3 Å². The third kappa shape index (κ3) is 3.45. The number of hydrogen-bond acceptors (Lipinski definition) is 2. The van der Waals surface area contributed by atoms with Crippen LogP contribution in [0.3, 0.4) is 0 Å². The number of rotatable bonds is 5. The zero-order chi connectivity index (χ0) is 13.1. The van der Waals surface area contributed by atoms with Crippen molar-refractivity contribution in [1.29, 1.82) is 0 Å². The molecule has 0 aromatic heterocycles. The van der Waals surface area contributed by atoms with E-state index in [4.69, 9.17) is 4.74 Å². The SMILES string of the molecule is CCC(CC)C1(CNC(C)(C)C)CCOC1C. The molecule has 0 aromatic rings. The van der Waals surface area contributed by atoms with Crippen molar-refractivity contribution in [3.8, 4) is 0 Å². The molecule has 0 bridgehead atoms. The fourth-order valence-corrected chi connectivity index (χ4v) is 3.24. The molecule has 17 heavy (non-hydrogen) atoms. The summed E-state index contributed by atoms with van der Waals surface area (Å²) in [4.78, 5) is 0. The van der Waals surface area contributed by atoms with E-state index >= 15 is 0 Å². The van der Waals surface area contributed by atoms with E-state index in [0.29, 0.717) is 11.5 Å². The smallest absolute Gasteiger partial charge is 0.0618 e. The van der Waals surface area contributed by atoms with Crippen LogP contribution < -0.4 is 5.32 Å². The van der Waals surface area contributed by atoms with E-state index in [1.807, 2.05) is 0 Å². The van der Waals surface area contributed by atoms with Gasteiger partial charge in [-0.3, -0.25) is 0 Å². The van der Waals surface area contributed by atoms with Gasteiger partial charge in [-0.15, -0.1) is 0 Å². The maximum absolute atomic E-state index is 5.88. The molecule has 0 spiro atoms. The average molecular weight is 241 g/mol. The largest absolute Gasteiger partial charge is 0.378 e. The molecule has 2 unspecified atom stereocenters. The summed E-state index contributed by atoms with van der Waals surface area (Å²) in [5.41, 5.74) is 0.540. The molecular weight excluding hydrogens is 210 g/mol. The van der Waals surface area contributed by atoms with Gasteiger partial charge in [-0.1, -0.05) is 26.7 Å². The topological polar surface area (TPSA) is 21.3 Å². The lowest BCUT2D eigenvalue weighted by Crippen LogP contribution is -2.50. The Bertz CT molecular complexity index is 230. The fourth-order valence-electron chi connectivity index (χ4n) is 3.24. The van der Waals surface area contributed by atoms with Crippen LogP contribution in [-0.4, -0.2) is 24.8 Å². The Morgan fingerprint density at radius 2 is 1.88 bits per heavy atom. The van der Waals surface area contributed by atoms with Crippen molar-refractivity contribution in [3.63, 3.8) is 0 Å². The van der Waals surface area contributed by atoms with E-state index in [1.54, 1.807) is 0 Å². The normalized spacial score (nSPS) is 30.2. The lowest BCUT2D eigenvalue weighted by Gasteiger charge is -2.41. The highest BCUT2D eigenvalue weighted by Gasteiger charge is 2.46. The molecule has 102 valence electrons. The summed E-state index contributed by atoms with van der Waals surface area (Å²) in [7, 11) is 0. The van der Waals surface area contributed by atoms with Crippen LogP contribution in [0, 0.1) is 11.3 Å². The molecule has 0 saturated carbocycles. The zero-order valence-corrected chi connectivity index (χ0v) is 12.6. The second kappa shape index (κ2) is 5.71. The molecule has 2 heteroatoms. The van der Waals surface area contributed by atoms with Gasteiger partial charge in [-0.2, -0.15) is 0 Å². The van der Waals surface area contributed by atoms with Crippen molar-refractivity contribution < 1.29 is 4.74 Å². The average Bonchev–Trinajstić information content (AvgIpc) is 2.60. The van der Waals surface area contributed by atoms with Gasteiger partial charge < -0.3 is 10.1 Å². The van der Waals surface area contributed by atoms with Crippen molar-refractivity contribution in [2.45, 2.75) is 72.4 Å². The summed E-state index contributed by atoms with van der Waals surface area (Å²) in [6.07, 6.45) is 4.12. The number of nitrogens with one attached hydrogen (secondary N) is 1. The maximum Gasteiger partial charge on any atom is 0.0618 e. The molecule has 1 N–H and O–H groups in total. The van der Waals surface area contributed by atoms with Crippen LogP contribution in [-0.2, 0) is 4.74 Å². The molecule has 1 fully saturated rings. The minimum Gasteiger partial charge on any atom is -0.378 e. The Kier molecular flexibility index (Phi) is 5.03. The Labute approximate surface area is 108 Å². The first-order valence-electron chi connectivity index (χ1n) is 7.22. The van der Waals surface area contributed by atoms with Gasteiger partial charge in [0.2, 0.25) is 0 Å². The van der Waals surface area contributed by atoms with Gasteiger partial charge in [0, 0.05) is 24.1 Å². The zero-order valence-electron chi connectivity index (χ0n) is 12.6. The van der Waals surface area contributed by atoms with Crippen LogP contribution in [0.1, 0.15) is 60.8 Å². The maximum atomic E-state index is 5.88. The van der Waals surface area contributed by atoms with Gasteiger partial charge in [0.15, 0.2) is 0 Å². The Balaban J connectivity index is 2.79. The van der Waals surface area contributed by atoms with E-state index in [9.17, 15) is 0 Å². The van der Waals surface area contributed by atoms with Crippen LogP contribution in [0.2, 0.25) is 0 Å². The predicted molar refractivity (Wildman–Crippen MR) is 74.3 cm³/mol. The predicted octanol–water partition coefficient (Wildman–Crippen LogP) is 3.61. The van der Waals surface area contributed by atoms with E-state index in [-0.39, 0.29) is 5.54 Å². The molecule has 0 aliphatic carbocycles. The minimum absolute atomic E-state index is 0.196. The van der Waals surface area contributed by atoms with Crippen molar-refractivity contribution in [2.24, 2.45) is 11.3 Å². The third-order valence-electron chi connectivity index (χ3n) is 4.49. The van der Waals surface area contributed by atoms with E-state index in [2.05, 4.69) is 46.9 Å². The van der Waals surface area contributed by atoms with Crippen molar-refractivity contribution in [2.75, 3.05) is 13.2 Å². The highest BCUT2D eigenvalue weighted by atomic mass is 16.5. The van der Waals surface area contributed by atoms with E-state index < -0.39 is 0 Å². The first-order valence-corrected chi connectivity index (χ1v) is 7.22. The molecule has 0 radical (unpaired) electrons. The summed E-state index contributed by atoms with van der Waals surface area (Å²) in [6, 6.07) is 0. The van der Waals surface area contributed by atoms with Crippen LogP contribution in [0.15, 0.2) is 0 Å². The van der Waals surface area contributed by atoms with Gasteiger partial charge in [-0.25, -0.2) is 0 Å². The van der Waals surface area contributed by atoms with Gasteiger partial charge in [0.25, 0.3) is 0 Å². The molecular formula is C15H31NO. The van der Waals surface area contributed by atoms with Crippen molar-refractivity contribution in [3.05, 3.63) is 0 Å². The van der Waals surface area contributed by atoms with Gasteiger partial charge in [0.05, 0.1) is 6.10 Å². The Morgan fingerprint density at radius 3 is 2.24 bits per heavy atom. The minimum atomic E-state index is 0.196. The fraction of sp³-hybridized carbons (Fsp3) is 1.00. The summed E-state index contributed by atoms with van der Waals surface area (Å²) in [5, 5.41) is 3.70. The molecule has 1 aliphatic rings. The summed E-state index contributed by atoms with van der Waals surface area (Å²) in [6.45, 7) is 15.6. The molecule has 1 aliphatic heterocycles. The summed E-state index contributed by atoms with van der Waals surface area (Å²) < 4.78 is 5.88. The van der Waals surface area contributed by atoms with Crippen molar-refractivity contribution >= 4 is 0 Å². The monoisotopic (exact) mass is 241 g/mol. The molecule has 2 nitrogen and oxygen atoms in total. The molecule has 1 heterocycles. The van der Waals surface area contributed by atoms with Crippen molar-refractivity contribution in [1.82, 2.24) is 5.32 Å². The van der Waals surface area contributed by atoms with Gasteiger partial charge in [-0.05, 0) is 40.0 Å². The van der Waals surface area contributed by atoms with E-state index in [0.717, 1.165) is 19.1 Å². The summed E-state index contributed by atoms with van der Waals surface area (Å²) in [5.74, 6) is 0.773. The molecule has 0 aromatic carbocycles. The van der Waals surface area contributed by atoms with Crippen LogP contribution in [0.4, 0.5) is 0 Å². The second-order valence-electron chi connectivity index (χ2n) is 6.61.